The predicted octanol–water partition coefficient (Wildman–Crippen LogP) is 20.5. The number of carboxylic acid groups (broad SMARTS) is 2. The van der Waals surface area contributed by atoms with Gasteiger partial charge in [0.05, 0.1) is 35.0 Å². The number of likely N-dealkylation sites (tertiary alicyclic amines) is 2. The second-order valence-corrected chi connectivity index (χ2v) is 40.3. The number of rotatable bonds is 17. The standard InChI is InChI=1S/C29H36N2O5.C24H34BNO5.C24H28N2O3.C11H14BrNO2.C9H13NO.C7H5BrO3.C7H7NO3/c1-6-30(7-2)26(33)22-13-12-20(18-24(22)32)23-19-29(35-25-11-9-8-10-21(23)25)14-16-31(17-15-29)27(34)36-28(3,4)5;1-21(2,3)29-20(27)26-14-12-24(13-15-26)16-18(17-10-8-9-11-19(17)28-24)25-30-22(4,5)23(6,7)31-25;1-3-26(4-2)23(28)19-10-9-17(15-21(19)27)20-16-24(11-13-25-14-12-24)29-22-8-6-5-7-18(20)22;1-3-13(4-2)11(15)9-6-5-8(12)7-10(9)14;1-11-9-4-2-3-8(7-9)5-6-10;2*8-4-1-2-5(7(10)11)6(9)3-4/h8-13,18-19,32H,6-7,14-17H2,1-5H3;8-11,16H,12-15H2,1-7H3;5-10,15-16,25,27H,3-4,11-14H2,1-2H3;5-7,14H,3-4H2,1-2H3;2-4,7H,5-6,10H2,1H3;1-3,9H,(H,10,11);1-3,9H,8H2,(H,10,11). The normalized spacial score (nSPS) is 16.0. The monoisotopic (exact) mass is 2100 g/mol. The van der Waals surface area contributed by atoms with E-state index >= 15 is 0 Å². The van der Waals surface area contributed by atoms with Gasteiger partial charge in [0.1, 0.15) is 90.9 Å². The van der Waals surface area contributed by atoms with Gasteiger partial charge in [-0.15, -0.1) is 0 Å². The molecule has 7 aliphatic rings. The van der Waals surface area contributed by atoms with Crippen molar-refractivity contribution in [2.45, 2.75) is 195 Å². The number of hydrogen-bond acceptors (Lipinski definition) is 23. The van der Waals surface area contributed by atoms with Gasteiger partial charge < -0.3 is 115 Å². The highest BCUT2D eigenvalue weighted by Gasteiger charge is 2.55. The van der Waals surface area contributed by atoms with E-state index in [4.69, 9.17) is 69.6 Å². The number of ether oxygens (including phenoxy) is 6. The lowest BCUT2D eigenvalue weighted by Crippen LogP contribution is -2.51. The smallest absolute Gasteiger partial charge is 0.495 e. The molecule has 770 valence electrons. The summed E-state index contributed by atoms with van der Waals surface area (Å²) in [5.74, 6) is 0.0704. The lowest BCUT2D eigenvalue weighted by atomic mass is 9.69. The first kappa shape index (κ1) is 113. The van der Waals surface area contributed by atoms with E-state index in [0.29, 0.717) is 125 Å². The molecule has 12 N–H and O–H groups in total. The number of phenols is 5. The minimum Gasteiger partial charge on any atom is -0.507 e. The van der Waals surface area contributed by atoms with E-state index in [1.807, 2.05) is 180 Å². The summed E-state index contributed by atoms with van der Waals surface area (Å²) in [7, 11) is 1.21. The molecule has 0 saturated carbocycles. The Balaban J connectivity index is 0.000000181. The largest absolute Gasteiger partial charge is 0.507 e. The van der Waals surface area contributed by atoms with Gasteiger partial charge >= 0.3 is 31.2 Å². The van der Waals surface area contributed by atoms with Gasteiger partial charge in [-0.05, 0) is 292 Å². The number of nitrogens with zero attached hydrogens (tertiary/aromatic N) is 5. The van der Waals surface area contributed by atoms with Gasteiger partial charge in [-0.25, -0.2) is 19.2 Å². The van der Waals surface area contributed by atoms with Crippen LogP contribution in [0.5, 0.6) is 51.7 Å². The number of amides is 5. The second-order valence-electron chi connectivity index (χ2n) is 38.5. The molecule has 7 aliphatic heterocycles. The minimum atomic E-state index is -1.16. The molecule has 33 heteroatoms. The fraction of sp³-hybridized carbons (Fsp3) is 0.396. The van der Waals surface area contributed by atoms with Gasteiger partial charge in [-0.2, -0.15) is 0 Å². The lowest BCUT2D eigenvalue weighted by molar-refractivity contribution is -0.00233. The van der Waals surface area contributed by atoms with E-state index in [-0.39, 0.29) is 75.4 Å². The number of carboxylic acids is 2. The molecular formula is C111H137BBr2N8O22. The SMILES string of the molecule is CC(C)(C)OC(=O)N1CCC2(C=C(B3OC(C)(C)C(C)(C)O3)c3ccccc3O2)CC1.CCN(CC)C(=O)c1ccc(Br)cc1O.CCN(CC)C(=O)c1ccc(C2=CC3(CCN(C(=O)OC(C)(C)C)CC3)Oc3ccccc32)cc1O.CCN(CC)C(=O)c1ccc(C2=CC3(CCNCC3)Oc3ccccc32)cc1O.COc1cccc(CCN)c1.Nc1ccc(C(=O)O)c(O)c1.O=C(O)c1ccc(Br)cc1O. The zero-order chi connectivity index (χ0) is 106. The van der Waals surface area contributed by atoms with Gasteiger partial charge in [-0.3, -0.25) is 14.4 Å². The maximum atomic E-state index is 12.8. The second kappa shape index (κ2) is 49.5. The van der Waals surface area contributed by atoms with Crippen molar-refractivity contribution < 1.29 is 107 Å². The van der Waals surface area contributed by atoms with Gasteiger partial charge in [0.25, 0.3) is 17.7 Å². The van der Waals surface area contributed by atoms with Gasteiger partial charge in [0.2, 0.25) is 0 Å². The van der Waals surface area contributed by atoms with Gasteiger partial charge in [0, 0.05) is 141 Å². The van der Waals surface area contributed by atoms with Crippen molar-refractivity contribution in [3.05, 3.63) is 276 Å². The number of para-hydroxylation sites is 3. The number of nitrogens with two attached hydrogens (primary N) is 2. The van der Waals surface area contributed by atoms with Crippen molar-refractivity contribution in [3.8, 4) is 51.7 Å². The summed E-state index contributed by atoms with van der Waals surface area (Å²) in [6.07, 6.45) is 11.2. The van der Waals surface area contributed by atoms with Crippen LogP contribution in [0.3, 0.4) is 0 Å². The number of aromatic carboxylic acids is 2. The molecule has 4 saturated heterocycles. The summed E-state index contributed by atoms with van der Waals surface area (Å²) >= 11 is 6.32. The third kappa shape index (κ3) is 29.2. The van der Waals surface area contributed by atoms with E-state index < -0.39 is 52.7 Å². The highest BCUT2D eigenvalue weighted by atomic mass is 79.9. The highest BCUT2D eigenvalue weighted by Crippen LogP contribution is 2.50. The molecule has 16 rings (SSSR count). The molecule has 9 aromatic carbocycles. The fourth-order valence-electron chi connectivity index (χ4n) is 17.1. The quantitative estimate of drug-likeness (QED) is 0.0299. The molecule has 0 aromatic heterocycles. The first-order chi connectivity index (χ1) is 68.1. The van der Waals surface area contributed by atoms with E-state index in [1.165, 1.54) is 42.0 Å². The Morgan fingerprint density at radius 2 is 0.785 bits per heavy atom. The van der Waals surface area contributed by atoms with Crippen LogP contribution in [0.1, 0.15) is 234 Å². The lowest BCUT2D eigenvalue weighted by Gasteiger charge is -2.43. The highest BCUT2D eigenvalue weighted by molar-refractivity contribution is 9.10. The third-order valence-corrected chi connectivity index (χ3v) is 26.6. The Kier molecular flexibility index (Phi) is 38.8. The zero-order valence-corrected chi connectivity index (χ0v) is 88.4. The number of nitrogen functional groups attached to an aromatic ring is 1. The Morgan fingerprint density at radius 3 is 1.15 bits per heavy atom. The number of fused-ring (bicyclic) bond motifs is 3. The van der Waals surface area contributed by atoms with Gasteiger partial charge in [-0.1, -0.05) is 111 Å². The van der Waals surface area contributed by atoms with Crippen LogP contribution < -0.4 is 35.7 Å². The summed E-state index contributed by atoms with van der Waals surface area (Å²) in [6, 6.07) is 55.5. The number of carbonyl (C=O) groups excluding carboxylic acids is 5. The molecule has 7 heterocycles. The average Bonchev–Trinajstić information content (AvgIpc) is 1.11. The molecule has 4 fully saturated rings. The average molecular weight is 2110 g/mol. The summed E-state index contributed by atoms with van der Waals surface area (Å²) < 4.78 is 49.8. The maximum Gasteiger partial charge on any atom is 0.495 e. The number of piperidine rings is 3. The van der Waals surface area contributed by atoms with E-state index in [0.717, 1.165) is 104 Å². The molecule has 3 spiro atoms. The van der Waals surface area contributed by atoms with Gasteiger partial charge in [0.15, 0.2) is 0 Å². The van der Waals surface area contributed by atoms with Crippen molar-refractivity contribution in [3.63, 3.8) is 0 Å². The zero-order valence-electron chi connectivity index (χ0n) is 85.3. The Labute approximate surface area is 861 Å². The van der Waals surface area contributed by atoms with Crippen LogP contribution >= 0.6 is 31.9 Å². The van der Waals surface area contributed by atoms with E-state index in [1.54, 1.807) is 74.1 Å². The molecule has 0 atom stereocenters. The van der Waals surface area contributed by atoms with Crippen LogP contribution in [-0.2, 0) is 25.2 Å². The minimum absolute atomic E-state index is 0.0151. The Hall–Kier alpha value is -13.0. The van der Waals surface area contributed by atoms with Crippen LogP contribution in [0, 0.1) is 0 Å². The number of anilines is 1. The first-order valence-corrected chi connectivity index (χ1v) is 50.2. The molecular weight excluding hydrogens is 1970 g/mol. The molecule has 0 unspecified atom stereocenters. The molecule has 0 aliphatic carbocycles. The van der Waals surface area contributed by atoms with Crippen LogP contribution in [0.4, 0.5) is 15.3 Å². The summed E-state index contributed by atoms with van der Waals surface area (Å²) in [6.45, 7) is 39.4. The fourth-order valence-corrected chi connectivity index (χ4v) is 17.8. The van der Waals surface area contributed by atoms with Crippen LogP contribution in [0.25, 0.3) is 16.6 Å². The third-order valence-electron chi connectivity index (χ3n) is 25.6. The number of nitrogens with one attached hydrogen (secondary N) is 1. The van der Waals surface area contributed by atoms with Crippen molar-refractivity contribution in [2.24, 2.45) is 5.73 Å². The van der Waals surface area contributed by atoms with Crippen molar-refractivity contribution in [2.75, 3.05) is 97.9 Å². The Morgan fingerprint density at radius 1 is 0.438 bits per heavy atom. The number of phenolic OH excluding ortho intramolecular Hbond substituents is 3. The molecule has 144 heavy (non-hydrogen) atoms. The topological polar surface area (TPSA) is 415 Å². The van der Waals surface area contributed by atoms with Crippen LogP contribution in [-0.4, -0.2) is 241 Å². The molecule has 0 radical (unpaired) electrons. The van der Waals surface area contributed by atoms with Crippen LogP contribution in [0.15, 0.2) is 215 Å². The molecule has 0 bridgehead atoms. The van der Waals surface area contributed by atoms with Crippen molar-refractivity contribution in [1.29, 1.82) is 0 Å². The molecule has 9 aromatic rings. The summed E-state index contributed by atoms with van der Waals surface area (Å²) in [5, 5.41) is 69.5. The maximum absolute atomic E-state index is 12.8. The Bertz CT molecular complexity index is 6040. The number of hydrogen-bond donors (Lipinski definition) is 10. The van der Waals surface area contributed by atoms with Crippen LogP contribution in [0.2, 0.25) is 0 Å². The molecule has 5 amide bonds. The van der Waals surface area contributed by atoms with E-state index in [9.17, 15) is 48.9 Å². The predicted molar refractivity (Wildman–Crippen MR) is 566 cm³/mol. The number of methoxy groups -OCH3 is 1. The summed E-state index contributed by atoms with van der Waals surface area (Å²) in [4.78, 5) is 91.7. The first-order valence-electron chi connectivity index (χ1n) is 48.6. The molecule has 30 nitrogen and oxygen atoms in total. The number of benzene rings is 9. The number of carbonyl (C=O) groups is 7. The summed E-state index contributed by atoms with van der Waals surface area (Å²) in [5.41, 5.74) is 17.4. The van der Waals surface area contributed by atoms with Crippen molar-refractivity contribution >= 4 is 103 Å². The van der Waals surface area contributed by atoms with E-state index in [2.05, 4.69) is 95.2 Å². The number of halogens is 2. The number of aromatic hydroxyl groups is 5. The van der Waals surface area contributed by atoms with Crippen molar-refractivity contribution in [1.82, 2.24) is 29.8 Å².